The molecule has 0 fully saturated rings. The first kappa shape index (κ1) is 21.8. The number of methoxy groups -OCH3 is 2. The molecule has 1 amide bonds. The molecule has 0 spiro atoms. The molecule has 1 aromatic carbocycles. The number of amides is 1. The lowest BCUT2D eigenvalue weighted by molar-refractivity contribution is -0.116. The van der Waals surface area contributed by atoms with Crippen molar-refractivity contribution in [3.8, 4) is 11.5 Å². The van der Waals surface area contributed by atoms with Gasteiger partial charge in [-0.15, -0.1) is 22.7 Å². The third kappa shape index (κ3) is 4.32. The predicted octanol–water partition coefficient (Wildman–Crippen LogP) is 3.18. The first-order valence-corrected chi connectivity index (χ1v) is 11.5. The molecular weight excluding hydrogens is 450 g/mol. The van der Waals surface area contributed by atoms with Crippen LogP contribution in [0, 0.1) is 0 Å². The fourth-order valence-corrected chi connectivity index (χ4v) is 4.96. The van der Waals surface area contributed by atoms with Crippen molar-refractivity contribution in [2.75, 3.05) is 19.5 Å². The van der Waals surface area contributed by atoms with Crippen molar-refractivity contribution in [3.63, 3.8) is 0 Å². The lowest BCUT2D eigenvalue weighted by Gasteiger charge is -2.13. The van der Waals surface area contributed by atoms with Crippen LogP contribution in [0.5, 0.6) is 11.5 Å². The summed E-state index contributed by atoms with van der Waals surface area (Å²) in [5.41, 5.74) is 0.140. The summed E-state index contributed by atoms with van der Waals surface area (Å²) >= 11 is 2.84. The quantitative estimate of drug-likeness (QED) is 0.426. The topological polar surface area (TPSA) is 91.6 Å². The molecule has 0 aliphatic rings. The normalized spacial score (nSPS) is 10.9. The van der Waals surface area contributed by atoms with E-state index in [1.54, 1.807) is 41.0 Å². The molecule has 0 saturated heterocycles. The Morgan fingerprint density at radius 1 is 1.00 bits per heavy atom. The van der Waals surface area contributed by atoms with E-state index < -0.39 is 11.6 Å². The standard InChI is InChI=1S/C22H21N3O5S2/c1-29-17-6-5-14(12-18(17)30-2)23-19(26)13-25-16-8-11-32-20(16)21(27)24(22(25)28)9-7-15-4-3-10-31-15/h3-6,8,10-12H,7,9,13H2,1-2H3,(H,23,26). The number of hydrogen-bond donors (Lipinski definition) is 1. The van der Waals surface area contributed by atoms with Crippen molar-refractivity contribution < 1.29 is 14.3 Å². The summed E-state index contributed by atoms with van der Waals surface area (Å²) in [5, 5.41) is 6.48. The van der Waals surface area contributed by atoms with Gasteiger partial charge in [-0.3, -0.25) is 18.7 Å². The molecule has 0 aliphatic heterocycles. The Kier molecular flexibility index (Phi) is 6.42. The summed E-state index contributed by atoms with van der Waals surface area (Å²) in [6.07, 6.45) is 0.571. The molecule has 4 aromatic rings. The fourth-order valence-electron chi connectivity index (χ4n) is 3.42. The highest BCUT2D eigenvalue weighted by Gasteiger charge is 2.17. The van der Waals surface area contributed by atoms with Gasteiger partial charge in [0.1, 0.15) is 11.2 Å². The van der Waals surface area contributed by atoms with Gasteiger partial charge in [0.2, 0.25) is 5.91 Å². The zero-order chi connectivity index (χ0) is 22.7. The van der Waals surface area contributed by atoms with E-state index in [4.69, 9.17) is 9.47 Å². The molecule has 0 aliphatic carbocycles. The van der Waals surface area contributed by atoms with Gasteiger partial charge in [0.05, 0.1) is 19.7 Å². The summed E-state index contributed by atoms with van der Waals surface area (Å²) in [5.74, 6) is 0.625. The molecule has 0 bridgehead atoms. The average Bonchev–Trinajstić information content (AvgIpc) is 3.49. The number of aromatic nitrogens is 2. The minimum absolute atomic E-state index is 0.223. The van der Waals surface area contributed by atoms with Crippen LogP contribution in [0.2, 0.25) is 0 Å². The highest BCUT2D eigenvalue weighted by molar-refractivity contribution is 7.17. The third-order valence-corrected chi connectivity index (χ3v) is 6.80. The van der Waals surface area contributed by atoms with Gasteiger partial charge in [-0.1, -0.05) is 6.07 Å². The summed E-state index contributed by atoms with van der Waals surface area (Å²) < 4.78 is 13.5. The van der Waals surface area contributed by atoms with Crippen molar-refractivity contribution in [1.29, 1.82) is 0 Å². The number of nitrogens with zero attached hydrogens (tertiary/aromatic N) is 2. The highest BCUT2D eigenvalue weighted by atomic mass is 32.1. The summed E-state index contributed by atoms with van der Waals surface area (Å²) in [6.45, 7) is 0.0308. The number of carbonyl (C=O) groups excluding carboxylic acids is 1. The molecule has 32 heavy (non-hydrogen) atoms. The van der Waals surface area contributed by atoms with E-state index in [0.29, 0.717) is 33.8 Å². The molecule has 1 N–H and O–H groups in total. The van der Waals surface area contributed by atoms with E-state index in [-0.39, 0.29) is 18.6 Å². The molecule has 166 valence electrons. The number of ether oxygens (including phenoxy) is 2. The molecule has 0 radical (unpaired) electrons. The van der Waals surface area contributed by atoms with Crippen LogP contribution in [0.4, 0.5) is 5.69 Å². The van der Waals surface area contributed by atoms with Crippen LogP contribution in [0.25, 0.3) is 10.2 Å². The van der Waals surface area contributed by atoms with Gasteiger partial charge in [-0.25, -0.2) is 4.79 Å². The number of carbonyl (C=O) groups is 1. The largest absolute Gasteiger partial charge is 0.493 e. The molecule has 4 rings (SSSR count). The molecule has 3 heterocycles. The number of hydrogen-bond acceptors (Lipinski definition) is 7. The zero-order valence-electron chi connectivity index (χ0n) is 17.5. The lowest BCUT2D eigenvalue weighted by atomic mass is 10.2. The first-order valence-electron chi connectivity index (χ1n) is 9.77. The van der Waals surface area contributed by atoms with Crippen LogP contribution in [0.1, 0.15) is 4.88 Å². The van der Waals surface area contributed by atoms with E-state index >= 15 is 0 Å². The second kappa shape index (κ2) is 9.41. The Morgan fingerprint density at radius 2 is 1.81 bits per heavy atom. The Morgan fingerprint density at radius 3 is 2.53 bits per heavy atom. The van der Waals surface area contributed by atoms with Crippen LogP contribution in [0.15, 0.2) is 56.7 Å². The fraction of sp³-hybridized carbons (Fsp3) is 0.227. The molecule has 3 aromatic heterocycles. The maximum Gasteiger partial charge on any atom is 0.332 e. The Hall–Kier alpha value is -3.37. The van der Waals surface area contributed by atoms with Gasteiger partial charge in [-0.2, -0.15) is 0 Å². The van der Waals surface area contributed by atoms with Crippen molar-refractivity contribution in [2.45, 2.75) is 19.5 Å². The van der Waals surface area contributed by atoms with Crippen LogP contribution in [-0.4, -0.2) is 29.3 Å². The van der Waals surface area contributed by atoms with Gasteiger partial charge in [0.15, 0.2) is 11.5 Å². The number of fused-ring (bicyclic) bond motifs is 1. The number of anilines is 1. The van der Waals surface area contributed by atoms with Gasteiger partial charge in [0, 0.05) is 23.2 Å². The van der Waals surface area contributed by atoms with Gasteiger partial charge >= 0.3 is 5.69 Å². The van der Waals surface area contributed by atoms with Crippen molar-refractivity contribution in [2.24, 2.45) is 0 Å². The Balaban J connectivity index is 1.62. The van der Waals surface area contributed by atoms with Crippen molar-refractivity contribution >= 4 is 44.5 Å². The van der Waals surface area contributed by atoms with Crippen molar-refractivity contribution in [1.82, 2.24) is 9.13 Å². The van der Waals surface area contributed by atoms with E-state index in [9.17, 15) is 14.4 Å². The molecule has 8 nitrogen and oxygen atoms in total. The molecule has 0 unspecified atom stereocenters. The minimum atomic E-state index is -0.500. The van der Waals surface area contributed by atoms with Gasteiger partial charge in [-0.05, 0) is 41.4 Å². The number of nitrogens with one attached hydrogen (secondary N) is 1. The maximum atomic E-state index is 13.2. The van der Waals surface area contributed by atoms with Gasteiger partial charge in [0.25, 0.3) is 5.56 Å². The van der Waals surface area contributed by atoms with E-state index in [1.807, 2.05) is 17.5 Å². The number of aryl methyl sites for hydroxylation is 1. The summed E-state index contributed by atoms with van der Waals surface area (Å²) in [4.78, 5) is 39.9. The number of benzene rings is 1. The predicted molar refractivity (Wildman–Crippen MR) is 127 cm³/mol. The van der Waals surface area contributed by atoms with E-state index in [0.717, 1.165) is 4.88 Å². The average molecular weight is 472 g/mol. The van der Waals surface area contributed by atoms with Crippen LogP contribution in [-0.2, 0) is 24.3 Å². The second-order valence-electron chi connectivity index (χ2n) is 6.91. The van der Waals surface area contributed by atoms with Crippen LogP contribution >= 0.6 is 22.7 Å². The smallest absolute Gasteiger partial charge is 0.332 e. The van der Waals surface area contributed by atoms with Crippen LogP contribution in [0.3, 0.4) is 0 Å². The lowest BCUT2D eigenvalue weighted by Crippen LogP contribution is -2.41. The SMILES string of the molecule is COc1ccc(NC(=O)Cn2c(=O)n(CCc3cccs3)c(=O)c3sccc32)cc1OC. The maximum absolute atomic E-state index is 13.2. The summed E-state index contributed by atoms with van der Waals surface area (Å²) in [7, 11) is 3.04. The monoisotopic (exact) mass is 471 g/mol. The molecular formula is C22H21N3O5S2. The second-order valence-corrected chi connectivity index (χ2v) is 8.86. The molecule has 0 saturated carbocycles. The summed E-state index contributed by atoms with van der Waals surface area (Å²) in [6, 6.07) is 10.6. The van der Waals surface area contributed by atoms with Crippen molar-refractivity contribution in [3.05, 3.63) is 72.9 Å². The van der Waals surface area contributed by atoms with E-state index in [2.05, 4.69) is 5.32 Å². The molecule has 10 heteroatoms. The Bertz CT molecular complexity index is 1370. The van der Waals surface area contributed by atoms with Gasteiger partial charge < -0.3 is 14.8 Å². The Labute approximate surface area is 191 Å². The number of rotatable bonds is 8. The van der Waals surface area contributed by atoms with Crippen LogP contribution < -0.4 is 26.0 Å². The van der Waals surface area contributed by atoms with E-state index in [1.165, 1.54) is 34.7 Å². The first-order chi connectivity index (χ1) is 15.5. The third-order valence-electron chi connectivity index (χ3n) is 4.97. The molecule has 0 atom stereocenters. The minimum Gasteiger partial charge on any atom is -0.493 e. The highest BCUT2D eigenvalue weighted by Crippen LogP contribution is 2.29. The number of thiophene rings is 2. The zero-order valence-corrected chi connectivity index (χ0v) is 19.1.